The van der Waals surface area contributed by atoms with E-state index in [1.807, 2.05) is 13.8 Å². The zero-order chi connectivity index (χ0) is 26.2. The summed E-state index contributed by atoms with van der Waals surface area (Å²) in [4.78, 5) is 12.3. The van der Waals surface area contributed by atoms with Gasteiger partial charge in [-0.1, -0.05) is 26.3 Å². The predicted molar refractivity (Wildman–Crippen MR) is 125 cm³/mol. The van der Waals surface area contributed by atoms with Crippen LogP contribution in [0.2, 0.25) is 0 Å². The second-order valence-electron chi connectivity index (χ2n) is 8.12. The molecule has 194 valence electrons. The number of amides is 1. The third kappa shape index (κ3) is 8.95. The van der Waals surface area contributed by atoms with Gasteiger partial charge in [0.05, 0.1) is 24.8 Å². The fraction of sp³-hybridized carbons (Fsp3) is 0.435. The standard InChI is InChI=1S/C23H29F3N2O6S/c1-4-33-20-13-17(27-22(30)16(14-29)9-8-15(2)3)10-11-21(20)35(31,32)28-18-6-5-7-19(12-18)34-23(24,25)26/h5-7,10-13,15-16,28-29H,4,8-9,14H2,1-3H3,(H,27,30). The first-order valence-corrected chi connectivity index (χ1v) is 12.4. The monoisotopic (exact) mass is 518 g/mol. The molecule has 1 atom stereocenters. The average molecular weight is 519 g/mol. The summed E-state index contributed by atoms with van der Waals surface area (Å²) >= 11 is 0. The lowest BCUT2D eigenvalue weighted by Gasteiger charge is -2.17. The minimum Gasteiger partial charge on any atom is -0.492 e. The van der Waals surface area contributed by atoms with Gasteiger partial charge in [0.1, 0.15) is 16.4 Å². The van der Waals surface area contributed by atoms with Crippen LogP contribution in [0.3, 0.4) is 0 Å². The molecule has 35 heavy (non-hydrogen) atoms. The van der Waals surface area contributed by atoms with Crippen LogP contribution in [0.5, 0.6) is 11.5 Å². The first-order valence-electron chi connectivity index (χ1n) is 10.9. The number of alkyl halides is 3. The first-order chi connectivity index (χ1) is 16.3. The molecule has 12 heteroatoms. The quantitative estimate of drug-likeness (QED) is 0.373. The van der Waals surface area contributed by atoms with Gasteiger partial charge in [0.15, 0.2) is 0 Å². The Labute approximate surface area is 202 Å². The third-order valence-corrected chi connectivity index (χ3v) is 6.22. The average Bonchev–Trinajstić information content (AvgIpc) is 2.73. The third-order valence-electron chi connectivity index (χ3n) is 4.80. The van der Waals surface area contributed by atoms with E-state index in [9.17, 15) is 31.5 Å². The number of benzene rings is 2. The lowest BCUT2D eigenvalue weighted by molar-refractivity contribution is -0.274. The van der Waals surface area contributed by atoms with E-state index < -0.39 is 34.0 Å². The summed E-state index contributed by atoms with van der Waals surface area (Å²) in [6.07, 6.45) is -3.68. The molecule has 0 aliphatic carbocycles. The highest BCUT2D eigenvalue weighted by Crippen LogP contribution is 2.31. The number of aliphatic hydroxyl groups is 1. The van der Waals surface area contributed by atoms with Crippen molar-refractivity contribution in [3.8, 4) is 11.5 Å². The van der Waals surface area contributed by atoms with Crippen molar-refractivity contribution in [1.82, 2.24) is 0 Å². The van der Waals surface area contributed by atoms with Crippen molar-refractivity contribution in [3.05, 3.63) is 42.5 Å². The van der Waals surface area contributed by atoms with E-state index in [-0.39, 0.29) is 35.2 Å². The van der Waals surface area contributed by atoms with Gasteiger partial charge in [0, 0.05) is 17.8 Å². The van der Waals surface area contributed by atoms with E-state index in [1.165, 1.54) is 30.3 Å². The molecule has 0 saturated carbocycles. The number of ether oxygens (including phenoxy) is 2. The van der Waals surface area contributed by atoms with Crippen LogP contribution in [0, 0.1) is 11.8 Å². The number of halogens is 3. The number of hydrogen-bond donors (Lipinski definition) is 3. The molecular weight excluding hydrogens is 489 g/mol. The lowest BCUT2D eigenvalue weighted by Crippen LogP contribution is -2.26. The Morgan fingerprint density at radius 1 is 1.09 bits per heavy atom. The van der Waals surface area contributed by atoms with Crippen molar-refractivity contribution < 1.29 is 41.0 Å². The lowest BCUT2D eigenvalue weighted by atomic mass is 9.97. The Bertz CT molecular complexity index is 1110. The van der Waals surface area contributed by atoms with E-state index in [1.54, 1.807) is 6.92 Å². The summed E-state index contributed by atoms with van der Waals surface area (Å²) < 4.78 is 74.8. The summed E-state index contributed by atoms with van der Waals surface area (Å²) in [5, 5.41) is 12.2. The smallest absolute Gasteiger partial charge is 0.492 e. The van der Waals surface area contributed by atoms with Gasteiger partial charge < -0.3 is 19.9 Å². The summed E-state index contributed by atoms with van der Waals surface area (Å²) in [6, 6.07) is 8.30. The number of rotatable bonds is 12. The maximum atomic E-state index is 13.0. The molecule has 2 aromatic carbocycles. The number of carbonyl (C=O) groups is 1. The molecule has 2 aromatic rings. The van der Waals surface area contributed by atoms with Crippen molar-refractivity contribution in [3.63, 3.8) is 0 Å². The molecule has 0 fully saturated rings. The maximum absolute atomic E-state index is 13.0. The topological polar surface area (TPSA) is 114 Å². The minimum absolute atomic E-state index is 0.0665. The van der Waals surface area contributed by atoms with Gasteiger partial charge in [0.25, 0.3) is 10.0 Å². The summed E-state index contributed by atoms with van der Waals surface area (Å²) in [6.45, 7) is 5.44. The second-order valence-corrected chi connectivity index (χ2v) is 9.77. The number of aliphatic hydroxyl groups excluding tert-OH is 1. The van der Waals surface area contributed by atoms with Crippen LogP contribution in [-0.2, 0) is 14.8 Å². The predicted octanol–water partition coefficient (Wildman–Crippen LogP) is 4.77. The number of nitrogens with one attached hydrogen (secondary N) is 2. The molecule has 0 aliphatic rings. The number of sulfonamides is 1. The zero-order valence-electron chi connectivity index (χ0n) is 19.6. The van der Waals surface area contributed by atoms with Crippen molar-refractivity contribution >= 4 is 27.3 Å². The highest BCUT2D eigenvalue weighted by Gasteiger charge is 2.31. The van der Waals surface area contributed by atoms with E-state index >= 15 is 0 Å². The van der Waals surface area contributed by atoms with Gasteiger partial charge in [-0.3, -0.25) is 9.52 Å². The van der Waals surface area contributed by atoms with E-state index in [2.05, 4.69) is 14.8 Å². The van der Waals surface area contributed by atoms with Gasteiger partial charge in [0.2, 0.25) is 5.91 Å². The maximum Gasteiger partial charge on any atom is 0.573 e. The Balaban J connectivity index is 2.25. The molecule has 0 heterocycles. The number of anilines is 2. The fourth-order valence-electron chi connectivity index (χ4n) is 3.13. The van der Waals surface area contributed by atoms with Crippen LogP contribution < -0.4 is 19.5 Å². The molecule has 0 saturated heterocycles. The van der Waals surface area contributed by atoms with Gasteiger partial charge in [-0.05, 0) is 43.5 Å². The van der Waals surface area contributed by atoms with E-state index in [4.69, 9.17) is 4.74 Å². The second kappa shape index (κ2) is 12.1. The van der Waals surface area contributed by atoms with Crippen molar-refractivity contribution in [2.24, 2.45) is 11.8 Å². The van der Waals surface area contributed by atoms with Crippen LogP contribution in [0.25, 0.3) is 0 Å². The molecule has 1 unspecified atom stereocenters. The summed E-state index contributed by atoms with van der Waals surface area (Å²) in [5.74, 6) is -1.32. The molecule has 0 aliphatic heterocycles. The van der Waals surface area contributed by atoms with E-state index in [0.717, 1.165) is 18.6 Å². The zero-order valence-corrected chi connectivity index (χ0v) is 20.4. The Morgan fingerprint density at radius 2 is 1.80 bits per heavy atom. The molecule has 0 radical (unpaired) electrons. The minimum atomic E-state index is -4.93. The fourth-order valence-corrected chi connectivity index (χ4v) is 4.30. The summed E-state index contributed by atoms with van der Waals surface area (Å²) in [7, 11) is -4.28. The number of carbonyl (C=O) groups excluding carboxylic acids is 1. The molecule has 1 amide bonds. The SMILES string of the molecule is CCOc1cc(NC(=O)C(CO)CCC(C)C)ccc1S(=O)(=O)Nc1cccc(OC(F)(F)F)c1. The Hall–Kier alpha value is -2.99. The highest BCUT2D eigenvalue weighted by molar-refractivity contribution is 7.92. The van der Waals surface area contributed by atoms with Crippen LogP contribution in [0.1, 0.15) is 33.6 Å². The van der Waals surface area contributed by atoms with Crippen molar-refractivity contribution in [1.29, 1.82) is 0 Å². The molecule has 8 nitrogen and oxygen atoms in total. The van der Waals surface area contributed by atoms with Crippen molar-refractivity contribution in [2.45, 2.75) is 44.9 Å². The normalized spacial score (nSPS) is 12.8. The van der Waals surface area contributed by atoms with Gasteiger partial charge in [-0.2, -0.15) is 0 Å². The molecule has 0 aromatic heterocycles. The number of hydrogen-bond acceptors (Lipinski definition) is 6. The summed E-state index contributed by atoms with van der Waals surface area (Å²) in [5.41, 5.74) is 0.114. The van der Waals surface area contributed by atoms with Gasteiger partial charge in [-0.15, -0.1) is 13.2 Å². The Kier molecular flexibility index (Phi) is 9.78. The van der Waals surface area contributed by atoms with Crippen LogP contribution in [-0.4, -0.2) is 39.0 Å². The first kappa shape index (κ1) is 28.2. The largest absolute Gasteiger partial charge is 0.573 e. The van der Waals surface area contributed by atoms with Gasteiger partial charge >= 0.3 is 6.36 Å². The highest BCUT2D eigenvalue weighted by atomic mass is 32.2. The van der Waals surface area contributed by atoms with Crippen LogP contribution in [0.4, 0.5) is 24.5 Å². The van der Waals surface area contributed by atoms with Crippen molar-refractivity contribution in [2.75, 3.05) is 23.3 Å². The van der Waals surface area contributed by atoms with E-state index in [0.29, 0.717) is 12.3 Å². The van der Waals surface area contributed by atoms with Gasteiger partial charge in [-0.25, -0.2) is 8.42 Å². The molecular formula is C23H29F3N2O6S. The molecule has 0 bridgehead atoms. The van der Waals surface area contributed by atoms with Crippen LogP contribution >= 0.6 is 0 Å². The molecule has 2 rings (SSSR count). The molecule has 3 N–H and O–H groups in total. The van der Waals surface area contributed by atoms with Crippen LogP contribution in [0.15, 0.2) is 47.4 Å². The molecule has 0 spiro atoms. The Morgan fingerprint density at radius 3 is 2.40 bits per heavy atom.